The monoisotopic (exact) mass is 218 g/mol. The summed E-state index contributed by atoms with van der Waals surface area (Å²) < 4.78 is 1.51. The van der Waals surface area contributed by atoms with Crippen molar-refractivity contribution in [1.82, 2.24) is 9.78 Å². The van der Waals surface area contributed by atoms with Crippen molar-refractivity contribution in [3.8, 4) is 0 Å². The summed E-state index contributed by atoms with van der Waals surface area (Å²) in [6, 6.07) is 7.33. The normalized spacial score (nSPS) is 10.2. The highest BCUT2D eigenvalue weighted by Crippen LogP contribution is 2.11. The van der Waals surface area contributed by atoms with E-state index in [1.165, 1.54) is 17.1 Å². The average molecular weight is 218 g/mol. The summed E-state index contributed by atoms with van der Waals surface area (Å²) in [6.45, 7) is 0.471. The van der Waals surface area contributed by atoms with E-state index in [0.717, 1.165) is 5.56 Å². The second-order valence-electron chi connectivity index (χ2n) is 3.40. The van der Waals surface area contributed by atoms with Gasteiger partial charge in [0.1, 0.15) is 12.4 Å². The molecule has 1 heterocycles. The first-order valence-electron chi connectivity index (χ1n) is 4.66. The van der Waals surface area contributed by atoms with E-state index in [4.69, 9.17) is 5.73 Å². The Balaban J connectivity index is 2.17. The molecule has 0 saturated carbocycles. The lowest BCUT2D eigenvalue weighted by Gasteiger charge is -2.01. The molecule has 0 saturated heterocycles. The molecule has 0 aliphatic heterocycles. The number of hydrogen-bond donors (Lipinski definition) is 1. The van der Waals surface area contributed by atoms with Gasteiger partial charge in [-0.3, -0.25) is 14.8 Å². The Hall–Kier alpha value is -2.37. The minimum Gasteiger partial charge on any atom is -0.399 e. The van der Waals surface area contributed by atoms with E-state index in [2.05, 4.69) is 5.10 Å². The molecular weight excluding hydrogens is 208 g/mol. The van der Waals surface area contributed by atoms with Gasteiger partial charge in [-0.15, -0.1) is 0 Å². The number of nitrogen functional groups attached to an aromatic ring is 1. The third kappa shape index (κ3) is 2.17. The SMILES string of the molecule is Nc1cccc(Cn2cc([N+](=O)[O-])cn2)c1. The van der Waals surface area contributed by atoms with Crippen LogP contribution in [0.25, 0.3) is 0 Å². The molecule has 6 heteroatoms. The van der Waals surface area contributed by atoms with Gasteiger partial charge >= 0.3 is 5.69 Å². The molecule has 0 bridgehead atoms. The topological polar surface area (TPSA) is 87.0 Å². The van der Waals surface area contributed by atoms with Gasteiger partial charge in [0.05, 0.1) is 11.5 Å². The fraction of sp³-hybridized carbons (Fsp3) is 0.100. The minimum absolute atomic E-state index is 0.0103. The Kier molecular flexibility index (Phi) is 2.55. The van der Waals surface area contributed by atoms with E-state index in [0.29, 0.717) is 12.2 Å². The Morgan fingerprint density at radius 3 is 2.94 bits per heavy atom. The van der Waals surface area contributed by atoms with E-state index in [-0.39, 0.29) is 5.69 Å². The van der Waals surface area contributed by atoms with Crippen molar-refractivity contribution in [3.05, 3.63) is 52.3 Å². The quantitative estimate of drug-likeness (QED) is 0.479. The summed E-state index contributed by atoms with van der Waals surface area (Å²) in [4.78, 5) is 9.98. The molecule has 0 aliphatic carbocycles. The first-order valence-corrected chi connectivity index (χ1v) is 4.66. The van der Waals surface area contributed by atoms with Crippen LogP contribution in [0.4, 0.5) is 11.4 Å². The summed E-state index contributed by atoms with van der Waals surface area (Å²) in [7, 11) is 0. The van der Waals surface area contributed by atoms with Crippen LogP contribution in [0.2, 0.25) is 0 Å². The summed E-state index contributed by atoms with van der Waals surface area (Å²) in [6.07, 6.45) is 2.62. The minimum atomic E-state index is -0.469. The molecular formula is C10H10N4O2. The smallest absolute Gasteiger partial charge is 0.307 e. The molecule has 1 aromatic heterocycles. The van der Waals surface area contributed by atoms with E-state index >= 15 is 0 Å². The Morgan fingerprint density at radius 1 is 1.50 bits per heavy atom. The highest BCUT2D eigenvalue weighted by molar-refractivity contribution is 5.40. The zero-order chi connectivity index (χ0) is 11.5. The fourth-order valence-electron chi connectivity index (χ4n) is 1.41. The molecule has 82 valence electrons. The van der Waals surface area contributed by atoms with Crippen LogP contribution < -0.4 is 5.73 Å². The molecule has 0 unspecified atom stereocenters. The van der Waals surface area contributed by atoms with Gasteiger partial charge in [-0.05, 0) is 17.7 Å². The Bertz CT molecular complexity index is 521. The fourth-order valence-corrected chi connectivity index (χ4v) is 1.41. The lowest BCUT2D eigenvalue weighted by molar-refractivity contribution is -0.385. The second-order valence-corrected chi connectivity index (χ2v) is 3.40. The first-order chi connectivity index (χ1) is 7.65. The van der Waals surface area contributed by atoms with Crippen LogP contribution in [0.3, 0.4) is 0 Å². The van der Waals surface area contributed by atoms with Gasteiger partial charge in [0.15, 0.2) is 0 Å². The van der Waals surface area contributed by atoms with E-state index in [1.54, 1.807) is 6.07 Å². The van der Waals surface area contributed by atoms with Crippen molar-refractivity contribution >= 4 is 11.4 Å². The maximum Gasteiger partial charge on any atom is 0.307 e. The van der Waals surface area contributed by atoms with Crippen LogP contribution in [0.15, 0.2) is 36.7 Å². The molecule has 2 aromatic rings. The van der Waals surface area contributed by atoms with Crippen molar-refractivity contribution in [2.45, 2.75) is 6.54 Å². The molecule has 16 heavy (non-hydrogen) atoms. The molecule has 6 nitrogen and oxygen atoms in total. The number of nitro groups is 1. The van der Waals surface area contributed by atoms with Crippen LogP contribution in [-0.2, 0) is 6.54 Å². The number of anilines is 1. The van der Waals surface area contributed by atoms with Crippen LogP contribution in [0.1, 0.15) is 5.56 Å². The standard InChI is InChI=1S/C10H10N4O2/c11-9-3-1-2-8(4-9)6-13-7-10(5-12-13)14(15)16/h1-5,7H,6,11H2. The number of hydrogen-bond acceptors (Lipinski definition) is 4. The van der Waals surface area contributed by atoms with Crippen molar-refractivity contribution in [1.29, 1.82) is 0 Å². The maximum absolute atomic E-state index is 10.5. The van der Waals surface area contributed by atoms with Gasteiger partial charge in [-0.1, -0.05) is 12.1 Å². The van der Waals surface area contributed by atoms with Gasteiger partial charge in [-0.25, -0.2) is 0 Å². The van der Waals surface area contributed by atoms with Gasteiger partial charge in [0.2, 0.25) is 0 Å². The van der Waals surface area contributed by atoms with Gasteiger partial charge < -0.3 is 5.73 Å². The molecule has 0 atom stereocenters. The highest BCUT2D eigenvalue weighted by atomic mass is 16.6. The molecule has 1 aromatic carbocycles. The number of aromatic nitrogens is 2. The van der Waals surface area contributed by atoms with E-state index in [1.807, 2.05) is 18.2 Å². The van der Waals surface area contributed by atoms with Crippen LogP contribution in [0, 0.1) is 10.1 Å². The largest absolute Gasteiger partial charge is 0.399 e. The van der Waals surface area contributed by atoms with Gasteiger partial charge in [0, 0.05) is 5.69 Å². The van der Waals surface area contributed by atoms with Crippen LogP contribution in [0.5, 0.6) is 0 Å². The van der Waals surface area contributed by atoms with Gasteiger partial charge in [-0.2, -0.15) is 5.10 Å². The van der Waals surface area contributed by atoms with E-state index in [9.17, 15) is 10.1 Å². The third-order valence-corrected chi connectivity index (χ3v) is 2.13. The lowest BCUT2D eigenvalue weighted by atomic mass is 10.2. The zero-order valence-electron chi connectivity index (χ0n) is 8.41. The van der Waals surface area contributed by atoms with Gasteiger partial charge in [0.25, 0.3) is 0 Å². The molecule has 2 rings (SSSR count). The van der Waals surface area contributed by atoms with E-state index < -0.39 is 4.92 Å². The Labute approximate surface area is 91.5 Å². The molecule has 0 aliphatic rings. The third-order valence-electron chi connectivity index (χ3n) is 2.13. The zero-order valence-corrected chi connectivity index (χ0v) is 8.41. The number of nitrogens with zero attached hydrogens (tertiary/aromatic N) is 3. The van der Waals surface area contributed by atoms with Crippen molar-refractivity contribution in [2.75, 3.05) is 5.73 Å². The summed E-state index contributed by atoms with van der Waals surface area (Å²) in [5, 5.41) is 14.3. The van der Waals surface area contributed by atoms with Crippen molar-refractivity contribution in [2.24, 2.45) is 0 Å². The number of rotatable bonds is 3. The summed E-state index contributed by atoms with van der Waals surface area (Å²) in [5.74, 6) is 0. The molecule has 0 amide bonds. The first kappa shape index (κ1) is 10.2. The average Bonchev–Trinajstić information content (AvgIpc) is 2.66. The molecule has 0 spiro atoms. The predicted molar refractivity (Wildman–Crippen MR) is 58.8 cm³/mol. The van der Waals surface area contributed by atoms with Crippen LogP contribution in [-0.4, -0.2) is 14.7 Å². The Morgan fingerprint density at radius 2 is 2.31 bits per heavy atom. The highest BCUT2D eigenvalue weighted by Gasteiger charge is 2.08. The predicted octanol–water partition coefficient (Wildman–Crippen LogP) is 1.42. The van der Waals surface area contributed by atoms with Crippen molar-refractivity contribution < 1.29 is 4.92 Å². The number of nitrogens with two attached hydrogens (primary N) is 1. The summed E-state index contributed by atoms with van der Waals surface area (Å²) >= 11 is 0. The van der Waals surface area contributed by atoms with Crippen LogP contribution >= 0.6 is 0 Å². The lowest BCUT2D eigenvalue weighted by Crippen LogP contribution is -2.00. The summed E-state index contributed by atoms with van der Waals surface area (Å²) in [5.41, 5.74) is 7.24. The molecule has 2 N–H and O–H groups in total. The second kappa shape index (κ2) is 4.01. The number of benzene rings is 1. The molecule has 0 radical (unpaired) electrons. The molecule has 0 fully saturated rings. The van der Waals surface area contributed by atoms with Crippen molar-refractivity contribution in [3.63, 3.8) is 0 Å². The maximum atomic E-state index is 10.5.